The Morgan fingerprint density at radius 1 is 1.09 bits per heavy atom. The summed E-state index contributed by atoms with van der Waals surface area (Å²) in [5.41, 5.74) is 2.19. The number of hydrogen-bond acceptors (Lipinski definition) is 10. The van der Waals surface area contributed by atoms with Gasteiger partial charge in [-0.25, -0.2) is 9.79 Å². The quantitative estimate of drug-likeness (QED) is 0.399. The predicted octanol–water partition coefficient (Wildman–Crippen LogP) is 4.11. The van der Waals surface area contributed by atoms with Crippen molar-refractivity contribution in [1.82, 2.24) is 15.1 Å². The molecule has 0 fully saturated rings. The Bertz CT molecular complexity index is 1160. The van der Waals surface area contributed by atoms with Crippen molar-refractivity contribution in [3.63, 3.8) is 0 Å². The minimum absolute atomic E-state index is 0.328. The van der Waals surface area contributed by atoms with Crippen LogP contribution in [0.1, 0.15) is 11.6 Å². The zero-order chi connectivity index (χ0) is 23.1. The smallest absolute Gasteiger partial charge is 0.434 e. The highest BCUT2D eigenvalue weighted by Gasteiger charge is 2.18. The van der Waals surface area contributed by atoms with Crippen LogP contribution in [0.5, 0.6) is 11.5 Å². The molecule has 3 rings (SSSR count). The van der Waals surface area contributed by atoms with Crippen LogP contribution in [0.2, 0.25) is 0 Å². The van der Waals surface area contributed by atoms with Gasteiger partial charge in [-0.15, -0.1) is 11.8 Å². The van der Waals surface area contributed by atoms with Crippen molar-refractivity contribution in [2.45, 2.75) is 6.92 Å². The standard InChI is InChI=1S/C21H21N5O5S/c1-12-23-19(26-31-12)13-6-8-14(9-7-13)24-18(20(32-5)25-21(27)30-4)15-10-16(28-2)17(29-3)11-22-15/h6-11H,1-5H3/b24-18-,25-20-. The largest absolute Gasteiger partial charge is 0.493 e. The van der Waals surface area contributed by atoms with Gasteiger partial charge in [-0.1, -0.05) is 5.16 Å². The summed E-state index contributed by atoms with van der Waals surface area (Å²) in [6.45, 7) is 1.72. The molecule has 2 heterocycles. The Hall–Kier alpha value is -3.73. The maximum atomic E-state index is 11.8. The zero-order valence-corrected chi connectivity index (χ0v) is 19.0. The molecular formula is C21H21N5O5S. The van der Waals surface area contributed by atoms with Crippen LogP contribution in [0.25, 0.3) is 11.4 Å². The van der Waals surface area contributed by atoms with Crippen LogP contribution >= 0.6 is 11.8 Å². The number of aryl methyl sites for hydroxylation is 1. The molecular weight excluding hydrogens is 434 g/mol. The van der Waals surface area contributed by atoms with Crippen molar-refractivity contribution in [3.05, 3.63) is 48.1 Å². The Labute approximate surface area is 188 Å². The van der Waals surface area contributed by atoms with E-state index >= 15 is 0 Å². The molecule has 0 aliphatic rings. The first-order valence-electron chi connectivity index (χ1n) is 9.27. The minimum Gasteiger partial charge on any atom is -0.493 e. The monoisotopic (exact) mass is 455 g/mol. The van der Waals surface area contributed by atoms with Gasteiger partial charge in [0, 0.05) is 18.6 Å². The summed E-state index contributed by atoms with van der Waals surface area (Å²) in [7, 11) is 4.30. The molecule has 0 saturated carbocycles. The molecule has 0 radical (unpaired) electrons. The summed E-state index contributed by atoms with van der Waals surface area (Å²) < 4.78 is 20.3. The van der Waals surface area contributed by atoms with Crippen LogP contribution in [0, 0.1) is 6.92 Å². The lowest BCUT2D eigenvalue weighted by molar-refractivity contribution is 0.183. The minimum atomic E-state index is -0.745. The first-order chi connectivity index (χ1) is 15.5. The van der Waals surface area contributed by atoms with E-state index in [9.17, 15) is 4.79 Å². The maximum absolute atomic E-state index is 11.8. The topological polar surface area (TPSA) is 121 Å². The summed E-state index contributed by atoms with van der Waals surface area (Å²) in [5, 5.41) is 4.24. The van der Waals surface area contributed by atoms with E-state index in [-0.39, 0.29) is 0 Å². The number of thioether (sulfide) groups is 1. The number of nitrogens with zero attached hydrogens (tertiary/aromatic N) is 5. The average molecular weight is 455 g/mol. The number of carbonyl (C=O) groups excluding carboxylic acids is 1. The number of amides is 1. The summed E-state index contributed by atoms with van der Waals surface area (Å²) in [6.07, 6.45) is 2.55. The summed E-state index contributed by atoms with van der Waals surface area (Å²) in [6, 6.07) is 8.88. The number of aliphatic imine (C=N–C) groups is 2. The van der Waals surface area contributed by atoms with Crippen molar-refractivity contribution >= 4 is 34.3 Å². The Kier molecular flexibility index (Phi) is 7.55. The van der Waals surface area contributed by atoms with Gasteiger partial charge in [0.1, 0.15) is 10.8 Å². The highest BCUT2D eigenvalue weighted by molar-refractivity contribution is 8.15. The molecule has 0 atom stereocenters. The van der Waals surface area contributed by atoms with Crippen LogP contribution in [0.3, 0.4) is 0 Å². The molecule has 0 unspecified atom stereocenters. The van der Waals surface area contributed by atoms with E-state index < -0.39 is 6.09 Å². The molecule has 0 bridgehead atoms. The zero-order valence-electron chi connectivity index (χ0n) is 18.1. The molecule has 0 spiro atoms. The molecule has 3 aromatic rings. The molecule has 0 aliphatic heterocycles. The molecule has 0 aliphatic carbocycles. The first kappa shape index (κ1) is 22.9. The van der Waals surface area contributed by atoms with E-state index in [1.54, 1.807) is 31.4 Å². The molecule has 1 amide bonds. The number of benzene rings is 1. The van der Waals surface area contributed by atoms with Gasteiger partial charge < -0.3 is 18.7 Å². The number of carbonyl (C=O) groups is 1. The van der Waals surface area contributed by atoms with Gasteiger partial charge in [0.25, 0.3) is 0 Å². The van der Waals surface area contributed by atoms with Gasteiger partial charge in [-0.3, -0.25) is 4.98 Å². The van der Waals surface area contributed by atoms with Crippen LogP contribution in [-0.4, -0.2) is 59.6 Å². The third kappa shape index (κ3) is 5.30. The lowest BCUT2D eigenvalue weighted by Crippen LogP contribution is -2.16. The van der Waals surface area contributed by atoms with Crippen LogP contribution in [-0.2, 0) is 4.74 Å². The van der Waals surface area contributed by atoms with Gasteiger partial charge >= 0.3 is 6.09 Å². The van der Waals surface area contributed by atoms with Gasteiger partial charge in [-0.05, 0) is 30.5 Å². The number of pyridine rings is 1. The molecule has 0 saturated heterocycles. The summed E-state index contributed by atoms with van der Waals surface area (Å²) in [4.78, 5) is 29.1. The second-order valence-corrected chi connectivity index (χ2v) is 6.95. The van der Waals surface area contributed by atoms with Crippen molar-refractivity contribution in [3.8, 4) is 22.9 Å². The molecule has 166 valence electrons. The SMILES string of the molecule is COC(=O)/N=C(SC)/C(=N\c1ccc(-c2noc(C)n2)cc1)c1cc(OC)c(OC)cn1. The normalized spacial score (nSPS) is 11.9. The van der Waals surface area contributed by atoms with Crippen LogP contribution in [0.15, 0.2) is 51.0 Å². The fourth-order valence-corrected chi connectivity index (χ4v) is 3.15. The highest BCUT2D eigenvalue weighted by atomic mass is 32.2. The van der Waals surface area contributed by atoms with Gasteiger partial charge in [0.05, 0.1) is 38.9 Å². The van der Waals surface area contributed by atoms with Gasteiger partial charge in [0.2, 0.25) is 11.7 Å². The van der Waals surface area contributed by atoms with Crippen molar-refractivity contribution in [2.75, 3.05) is 27.6 Å². The Balaban J connectivity index is 2.08. The van der Waals surface area contributed by atoms with Crippen molar-refractivity contribution in [2.24, 2.45) is 9.98 Å². The van der Waals surface area contributed by atoms with Crippen LogP contribution < -0.4 is 9.47 Å². The van der Waals surface area contributed by atoms with Gasteiger partial charge in [0.15, 0.2) is 11.5 Å². The fourth-order valence-electron chi connectivity index (χ4n) is 2.64. The van der Waals surface area contributed by atoms with E-state index in [0.717, 1.165) is 5.56 Å². The maximum Gasteiger partial charge on any atom is 0.434 e. The molecule has 32 heavy (non-hydrogen) atoms. The summed E-state index contributed by atoms with van der Waals surface area (Å²) in [5.74, 6) is 1.89. The van der Waals surface area contributed by atoms with Gasteiger partial charge in [-0.2, -0.15) is 9.98 Å². The van der Waals surface area contributed by atoms with E-state index in [4.69, 9.17) is 19.0 Å². The third-order valence-electron chi connectivity index (χ3n) is 4.17. The molecule has 11 heteroatoms. The molecule has 2 aromatic heterocycles. The van der Waals surface area contributed by atoms with Crippen molar-refractivity contribution < 1.29 is 23.5 Å². The second kappa shape index (κ2) is 10.5. The lowest BCUT2D eigenvalue weighted by atomic mass is 10.2. The van der Waals surface area contributed by atoms with E-state index in [1.807, 2.05) is 12.1 Å². The number of aromatic nitrogens is 3. The lowest BCUT2D eigenvalue weighted by Gasteiger charge is -2.11. The van der Waals surface area contributed by atoms with E-state index in [1.165, 1.54) is 39.3 Å². The Morgan fingerprint density at radius 3 is 2.38 bits per heavy atom. The highest BCUT2D eigenvalue weighted by Crippen LogP contribution is 2.28. The molecule has 0 N–H and O–H groups in total. The average Bonchev–Trinajstić information content (AvgIpc) is 3.27. The number of methoxy groups -OCH3 is 3. The van der Waals surface area contributed by atoms with Crippen LogP contribution in [0.4, 0.5) is 10.5 Å². The molecule has 1 aromatic carbocycles. The van der Waals surface area contributed by atoms with E-state index in [2.05, 4.69) is 24.9 Å². The van der Waals surface area contributed by atoms with E-state index in [0.29, 0.717) is 45.4 Å². The second-order valence-electron chi connectivity index (χ2n) is 6.16. The number of hydrogen-bond donors (Lipinski definition) is 0. The number of ether oxygens (including phenoxy) is 3. The first-order valence-corrected chi connectivity index (χ1v) is 10.5. The third-order valence-corrected chi connectivity index (χ3v) is 4.84. The number of rotatable bonds is 6. The molecule has 10 nitrogen and oxygen atoms in total. The Morgan fingerprint density at radius 2 is 1.81 bits per heavy atom. The fraction of sp³-hybridized carbons (Fsp3) is 0.238. The predicted molar refractivity (Wildman–Crippen MR) is 121 cm³/mol. The van der Waals surface area contributed by atoms with Crippen molar-refractivity contribution in [1.29, 1.82) is 0 Å². The summed E-state index contributed by atoms with van der Waals surface area (Å²) >= 11 is 1.24.